The number of rotatable bonds is 3. The van der Waals surface area contributed by atoms with Gasteiger partial charge in [0.05, 0.1) is 21.0 Å². The summed E-state index contributed by atoms with van der Waals surface area (Å²) in [6.07, 6.45) is 3.19. The van der Waals surface area contributed by atoms with E-state index >= 15 is 0 Å². The minimum absolute atomic E-state index is 0.335. The molecule has 0 saturated carbocycles. The summed E-state index contributed by atoms with van der Waals surface area (Å²) in [5.41, 5.74) is 0.521. The quantitative estimate of drug-likeness (QED) is 0.845. The predicted molar refractivity (Wildman–Crippen MR) is 97.5 cm³/mol. The summed E-state index contributed by atoms with van der Waals surface area (Å²) in [6, 6.07) is 2.74. The van der Waals surface area contributed by atoms with Gasteiger partial charge in [-0.1, -0.05) is 41.0 Å². The molecule has 24 heavy (non-hydrogen) atoms. The number of fused-ring (bicyclic) bond motifs is 1. The van der Waals surface area contributed by atoms with Crippen LogP contribution in [0.2, 0.25) is 10.0 Å². The minimum atomic E-state index is -3.43. The Labute approximate surface area is 153 Å². The number of nitrogens with one attached hydrogen (secondary N) is 1. The zero-order chi connectivity index (χ0) is 17.5. The average molecular weight is 408 g/mol. The molecule has 0 unspecified atom stereocenters. The van der Waals surface area contributed by atoms with Gasteiger partial charge in [0.15, 0.2) is 5.13 Å². The molecule has 0 spiro atoms. The number of halogens is 2. The fraction of sp³-hybridized carbons (Fsp3) is 0.429. The number of anilines is 1. The van der Waals surface area contributed by atoms with Gasteiger partial charge in [0.25, 0.3) is 0 Å². The van der Waals surface area contributed by atoms with E-state index < -0.39 is 16.1 Å². The number of carbonyl (C=O) groups is 1. The molecule has 6 nitrogen and oxygen atoms in total. The van der Waals surface area contributed by atoms with Crippen molar-refractivity contribution in [3.05, 3.63) is 22.2 Å². The maximum absolute atomic E-state index is 12.5. The van der Waals surface area contributed by atoms with Crippen molar-refractivity contribution in [3.63, 3.8) is 0 Å². The number of aromatic nitrogens is 1. The molecule has 1 saturated heterocycles. The summed E-state index contributed by atoms with van der Waals surface area (Å²) in [6.45, 7) is 0.359. The van der Waals surface area contributed by atoms with Gasteiger partial charge in [0, 0.05) is 6.54 Å². The van der Waals surface area contributed by atoms with E-state index in [1.165, 1.54) is 15.6 Å². The highest BCUT2D eigenvalue weighted by atomic mass is 35.5. The van der Waals surface area contributed by atoms with Gasteiger partial charge in [-0.25, -0.2) is 13.4 Å². The lowest BCUT2D eigenvalue weighted by Crippen LogP contribution is -2.49. The summed E-state index contributed by atoms with van der Waals surface area (Å²) < 4.78 is 25.8. The second-order valence-electron chi connectivity index (χ2n) is 5.60. The van der Waals surface area contributed by atoms with Crippen LogP contribution >= 0.6 is 34.5 Å². The Morgan fingerprint density at radius 2 is 2.12 bits per heavy atom. The van der Waals surface area contributed by atoms with Gasteiger partial charge in [-0.05, 0) is 25.0 Å². The van der Waals surface area contributed by atoms with Crippen molar-refractivity contribution in [1.82, 2.24) is 9.29 Å². The van der Waals surface area contributed by atoms with Crippen LogP contribution in [-0.4, -0.2) is 42.5 Å². The Morgan fingerprint density at radius 1 is 1.38 bits per heavy atom. The molecule has 1 aromatic heterocycles. The highest BCUT2D eigenvalue weighted by Gasteiger charge is 2.34. The van der Waals surface area contributed by atoms with Crippen LogP contribution in [0.15, 0.2) is 12.1 Å². The molecule has 2 aromatic rings. The number of sulfonamides is 1. The zero-order valence-electron chi connectivity index (χ0n) is 12.8. The fourth-order valence-electron chi connectivity index (χ4n) is 2.74. The van der Waals surface area contributed by atoms with E-state index in [4.69, 9.17) is 23.2 Å². The molecule has 0 radical (unpaired) electrons. The standard InChI is InChI=1S/C14H15Cl2N3O3S2/c1-24(21,22)19-7-3-2-4-9(19)13(20)18-14-17-12-10(23-14)6-5-8(15)11(12)16/h5-6,9H,2-4,7H2,1H3,(H,17,18,20)/t9-/m0/s1. The summed E-state index contributed by atoms with van der Waals surface area (Å²) in [7, 11) is -3.43. The molecule has 1 aliphatic heterocycles. The molecule has 3 rings (SSSR count). The van der Waals surface area contributed by atoms with E-state index in [-0.39, 0.29) is 5.91 Å². The van der Waals surface area contributed by atoms with Gasteiger partial charge in [0.2, 0.25) is 15.9 Å². The molecule has 130 valence electrons. The van der Waals surface area contributed by atoms with E-state index in [2.05, 4.69) is 10.3 Å². The second kappa shape index (κ2) is 6.76. The molecule has 1 atom stereocenters. The largest absolute Gasteiger partial charge is 0.301 e. The topological polar surface area (TPSA) is 79.4 Å². The minimum Gasteiger partial charge on any atom is -0.301 e. The lowest BCUT2D eigenvalue weighted by Gasteiger charge is -2.32. The summed E-state index contributed by atoms with van der Waals surface area (Å²) in [5.74, 6) is -0.374. The van der Waals surface area contributed by atoms with Crippen LogP contribution < -0.4 is 5.32 Å². The number of hydrogen-bond acceptors (Lipinski definition) is 5. The second-order valence-corrected chi connectivity index (χ2v) is 9.35. The zero-order valence-corrected chi connectivity index (χ0v) is 15.9. The van der Waals surface area contributed by atoms with Crippen LogP contribution in [0.1, 0.15) is 19.3 Å². The number of carbonyl (C=O) groups excluding carboxylic acids is 1. The Bertz CT molecular complexity index is 898. The molecule has 10 heteroatoms. The van der Waals surface area contributed by atoms with E-state index in [1.54, 1.807) is 12.1 Å². The van der Waals surface area contributed by atoms with Crippen LogP contribution in [0.25, 0.3) is 10.2 Å². The number of nitrogens with zero attached hydrogens (tertiary/aromatic N) is 2. The SMILES string of the molecule is CS(=O)(=O)N1CCCC[C@H]1C(=O)Nc1nc2c(Cl)c(Cl)ccc2s1. The van der Waals surface area contributed by atoms with E-state index in [1.807, 2.05) is 0 Å². The lowest BCUT2D eigenvalue weighted by atomic mass is 10.0. The van der Waals surface area contributed by atoms with Gasteiger partial charge >= 0.3 is 0 Å². The highest BCUT2D eigenvalue weighted by Crippen LogP contribution is 2.35. The van der Waals surface area contributed by atoms with Crippen LogP contribution in [0, 0.1) is 0 Å². The third-order valence-corrected chi connectivity index (χ3v) is 6.88. The molecule has 1 amide bonds. The first kappa shape index (κ1) is 17.9. The van der Waals surface area contributed by atoms with Gasteiger partial charge in [-0.15, -0.1) is 0 Å². The molecule has 1 fully saturated rings. The van der Waals surface area contributed by atoms with Gasteiger partial charge < -0.3 is 5.32 Å². The van der Waals surface area contributed by atoms with E-state index in [0.717, 1.165) is 23.8 Å². The Hall–Kier alpha value is -0.930. The van der Waals surface area contributed by atoms with Crippen molar-refractivity contribution in [2.24, 2.45) is 0 Å². The van der Waals surface area contributed by atoms with Gasteiger partial charge in [-0.2, -0.15) is 4.31 Å². The van der Waals surface area contributed by atoms with E-state index in [0.29, 0.717) is 33.7 Å². The summed E-state index contributed by atoms with van der Waals surface area (Å²) >= 11 is 13.4. The number of amides is 1. The summed E-state index contributed by atoms with van der Waals surface area (Å²) in [4.78, 5) is 16.8. The molecule has 2 heterocycles. The first-order valence-corrected chi connectivity index (χ1v) is 10.7. The molecule has 0 bridgehead atoms. The lowest BCUT2D eigenvalue weighted by molar-refractivity contribution is -0.120. The van der Waals surface area contributed by atoms with Crippen molar-refractivity contribution in [1.29, 1.82) is 0 Å². The molecular weight excluding hydrogens is 393 g/mol. The Morgan fingerprint density at radius 3 is 2.83 bits per heavy atom. The van der Waals surface area contributed by atoms with Crippen LogP contribution in [0.3, 0.4) is 0 Å². The van der Waals surface area contributed by atoms with Crippen molar-refractivity contribution >= 4 is 65.8 Å². The van der Waals surface area contributed by atoms with Crippen LogP contribution in [0.5, 0.6) is 0 Å². The molecular formula is C14H15Cl2N3O3S2. The third kappa shape index (κ3) is 3.52. The number of hydrogen-bond donors (Lipinski definition) is 1. The smallest absolute Gasteiger partial charge is 0.244 e. The van der Waals surface area contributed by atoms with Crippen LogP contribution in [0.4, 0.5) is 5.13 Å². The summed E-state index contributed by atoms with van der Waals surface area (Å²) in [5, 5.41) is 3.81. The third-order valence-electron chi connectivity index (χ3n) is 3.86. The van der Waals surface area contributed by atoms with E-state index in [9.17, 15) is 13.2 Å². The fourth-order valence-corrected chi connectivity index (χ4v) is 5.16. The normalized spacial score (nSPS) is 19.5. The Kier molecular flexibility index (Phi) is 5.04. The van der Waals surface area contributed by atoms with Crippen molar-refractivity contribution in [2.45, 2.75) is 25.3 Å². The first-order valence-electron chi connectivity index (χ1n) is 7.29. The monoisotopic (exact) mass is 407 g/mol. The van der Waals surface area contributed by atoms with Gasteiger partial charge in [-0.3, -0.25) is 4.79 Å². The van der Waals surface area contributed by atoms with Crippen molar-refractivity contribution in [3.8, 4) is 0 Å². The maximum atomic E-state index is 12.5. The predicted octanol–water partition coefficient (Wildman–Crippen LogP) is 3.36. The number of piperidine rings is 1. The molecule has 1 N–H and O–H groups in total. The average Bonchev–Trinajstić information content (AvgIpc) is 2.93. The number of benzene rings is 1. The first-order chi connectivity index (χ1) is 11.3. The maximum Gasteiger partial charge on any atom is 0.244 e. The Balaban J connectivity index is 1.85. The van der Waals surface area contributed by atoms with Crippen LogP contribution in [-0.2, 0) is 14.8 Å². The molecule has 0 aliphatic carbocycles. The molecule has 1 aromatic carbocycles. The highest BCUT2D eigenvalue weighted by molar-refractivity contribution is 7.88. The van der Waals surface area contributed by atoms with Gasteiger partial charge in [0.1, 0.15) is 11.6 Å². The molecule has 1 aliphatic rings. The van der Waals surface area contributed by atoms with Crippen molar-refractivity contribution in [2.75, 3.05) is 18.1 Å². The number of thiazole rings is 1. The van der Waals surface area contributed by atoms with Crippen molar-refractivity contribution < 1.29 is 13.2 Å².